The molecular weight excluding hydrogens is 190 g/mol. The summed E-state index contributed by atoms with van der Waals surface area (Å²) in [4.78, 5) is 0. The molecule has 3 N–H and O–H groups in total. The van der Waals surface area contributed by atoms with Crippen molar-refractivity contribution in [3.8, 4) is 0 Å². The topological polar surface area (TPSA) is 50.5 Å². The van der Waals surface area contributed by atoms with Crippen molar-refractivity contribution in [2.24, 2.45) is 0 Å². The Balaban J connectivity index is 2.22. The van der Waals surface area contributed by atoms with E-state index in [-0.39, 0.29) is 0 Å². The number of nitrogen functional groups attached to an aromatic ring is 1. The number of nitrogens with one attached hydrogen (secondary N) is 1. The highest BCUT2D eigenvalue weighted by Crippen LogP contribution is 2.33. The molecular formula is C11H17N3O. The number of hydrogen-bond donors (Lipinski definition) is 2. The fourth-order valence-corrected chi connectivity index (χ4v) is 1.91. The van der Waals surface area contributed by atoms with E-state index in [1.807, 2.05) is 12.1 Å². The average molecular weight is 207 g/mol. The molecule has 15 heavy (non-hydrogen) atoms. The average Bonchev–Trinajstić information content (AvgIpc) is 2.53. The highest BCUT2D eigenvalue weighted by Gasteiger charge is 2.24. The quantitative estimate of drug-likeness (QED) is 0.734. The Hall–Kier alpha value is -1.26. The molecule has 0 aliphatic carbocycles. The van der Waals surface area contributed by atoms with Gasteiger partial charge >= 0.3 is 0 Å². The zero-order valence-corrected chi connectivity index (χ0v) is 9.16. The number of ether oxygens (including phenoxy) is 1. The van der Waals surface area contributed by atoms with Crippen molar-refractivity contribution in [1.29, 1.82) is 0 Å². The third kappa shape index (κ3) is 1.91. The maximum Gasteiger partial charge on any atom is 0.0653 e. The maximum absolute atomic E-state index is 5.77. The SMILES string of the molecule is COCCN1NC(C)c2cc(N)ccc21. The van der Waals surface area contributed by atoms with Crippen molar-refractivity contribution >= 4 is 11.4 Å². The van der Waals surface area contributed by atoms with E-state index >= 15 is 0 Å². The summed E-state index contributed by atoms with van der Waals surface area (Å²) in [5, 5.41) is 2.11. The van der Waals surface area contributed by atoms with Gasteiger partial charge in [0.1, 0.15) is 0 Å². The zero-order valence-electron chi connectivity index (χ0n) is 9.16. The Bertz CT molecular complexity index is 354. The van der Waals surface area contributed by atoms with E-state index in [0.29, 0.717) is 12.6 Å². The first-order valence-corrected chi connectivity index (χ1v) is 5.14. The summed E-state index contributed by atoms with van der Waals surface area (Å²) in [7, 11) is 1.71. The van der Waals surface area contributed by atoms with Gasteiger partial charge in [0.05, 0.1) is 24.9 Å². The van der Waals surface area contributed by atoms with Crippen LogP contribution in [0.25, 0.3) is 0 Å². The number of anilines is 2. The Morgan fingerprint density at radius 1 is 1.53 bits per heavy atom. The van der Waals surface area contributed by atoms with Crippen LogP contribution in [0.4, 0.5) is 11.4 Å². The van der Waals surface area contributed by atoms with Gasteiger partial charge in [0.25, 0.3) is 0 Å². The summed E-state index contributed by atoms with van der Waals surface area (Å²) in [6.45, 7) is 3.69. The summed E-state index contributed by atoms with van der Waals surface area (Å²) < 4.78 is 5.07. The summed E-state index contributed by atoms with van der Waals surface area (Å²) in [5.74, 6) is 0. The van der Waals surface area contributed by atoms with Crippen LogP contribution >= 0.6 is 0 Å². The first-order chi connectivity index (χ1) is 7.22. The first-order valence-electron chi connectivity index (χ1n) is 5.14. The molecule has 1 unspecified atom stereocenters. The first kappa shape index (κ1) is 10.3. The van der Waals surface area contributed by atoms with Gasteiger partial charge in [0.15, 0.2) is 0 Å². The molecule has 1 aromatic carbocycles. The van der Waals surface area contributed by atoms with Crippen molar-refractivity contribution in [2.45, 2.75) is 13.0 Å². The van der Waals surface area contributed by atoms with Crippen molar-refractivity contribution in [2.75, 3.05) is 31.0 Å². The van der Waals surface area contributed by atoms with Crippen LogP contribution < -0.4 is 16.2 Å². The predicted molar refractivity (Wildman–Crippen MR) is 61.6 cm³/mol. The van der Waals surface area contributed by atoms with Crippen LogP contribution in [0.2, 0.25) is 0 Å². The molecule has 1 aliphatic heterocycles. The number of benzene rings is 1. The third-order valence-corrected chi connectivity index (χ3v) is 2.68. The number of nitrogens with two attached hydrogens (primary N) is 1. The fraction of sp³-hybridized carbons (Fsp3) is 0.455. The van der Waals surface area contributed by atoms with Gasteiger partial charge in [-0.25, -0.2) is 5.43 Å². The normalized spacial score (nSPS) is 19.3. The van der Waals surface area contributed by atoms with Crippen LogP contribution in [-0.4, -0.2) is 20.3 Å². The lowest BCUT2D eigenvalue weighted by Gasteiger charge is -2.19. The molecule has 4 nitrogen and oxygen atoms in total. The molecule has 0 spiro atoms. The minimum atomic E-state index is 0.320. The lowest BCUT2D eigenvalue weighted by atomic mass is 10.1. The van der Waals surface area contributed by atoms with Crippen LogP contribution in [0.5, 0.6) is 0 Å². The molecule has 0 amide bonds. The van der Waals surface area contributed by atoms with Gasteiger partial charge in [-0.1, -0.05) is 0 Å². The Kier molecular flexibility index (Phi) is 2.79. The monoisotopic (exact) mass is 207 g/mol. The number of nitrogens with zero attached hydrogens (tertiary/aromatic N) is 1. The van der Waals surface area contributed by atoms with E-state index in [2.05, 4.69) is 23.4 Å². The fourth-order valence-electron chi connectivity index (χ4n) is 1.91. The molecule has 1 atom stereocenters. The molecule has 0 saturated carbocycles. The van der Waals surface area contributed by atoms with Crippen molar-refractivity contribution in [3.05, 3.63) is 23.8 Å². The van der Waals surface area contributed by atoms with Gasteiger partial charge in [-0.05, 0) is 30.7 Å². The number of fused-ring (bicyclic) bond motifs is 1. The summed E-state index contributed by atoms with van der Waals surface area (Å²) in [5.41, 5.74) is 12.4. The zero-order chi connectivity index (χ0) is 10.8. The lowest BCUT2D eigenvalue weighted by molar-refractivity contribution is 0.203. The van der Waals surface area contributed by atoms with Crippen LogP contribution in [0.15, 0.2) is 18.2 Å². The molecule has 0 fully saturated rings. The van der Waals surface area contributed by atoms with Crippen LogP contribution in [0.3, 0.4) is 0 Å². The molecule has 0 bridgehead atoms. The second-order valence-electron chi connectivity index (χ2n) is 3.81. The Morgan fingerprint density at radius 3 is 3.07 bits per heavy atom. The van der Waals surface area contributed by atoms with Crippen molar-refractivity contribution < 1.29 is 4.74 Å². The maximum atomic E-state index is 5.77. The molecule has 4 heteroatoms. The second kappa shape index (κ2) is 4.08. The smallest absolute Gasteiger partial charge is 0.0653 e. The Morgan fingerprint density at radius 2 is 2.33 bits per heavy atom. The molecule has 0 radical (unpaired) electrons. The van der Waals surface area contributed by atoms with Crippen LogP contribution in [0.1, 0.15) is 18.5 Å². The van der Waals surface area contributed by atoms with Gasteiger partial charge < -0.3 is 15.5 Å². The van der Waals surface area contributed by atoms with Gasteiger partial charge in [-0.15, -0.1) is 0 Å². The van der Waals surface area contributed by atoms with Gasteiger partial charge in [0, 0.05) is 12.8 Å². The largest absolute Gasteiger partial charge is 0.399 e. The number of hydrazine groups is 1. The number of methoxy groups -OCH3 is 1. The number of hydrogen-bond acceptors (Lipinski definition) is 4. The van der Waals surface area contributed by atoms with E-state index in [9.17, 15) is 0 Å². The molecule has 82 valence electrons. The van der Waals surface area contributed by atoms with Gasteiger partial charge in [-0.3, -0.25) is 0 Å². The minimum absolute atomic E-state index is 0.320. The van der Waals surface area contributed by atoms with Crippen molar-refractivity contribution in [3.63, 3.8) is 0 Å². The third-order valence-electron chi connectivity index (χ3n) is 2.68. The standard InChI is InChI=1S/C11H17N3O/c1-8-10-7-9(12)3-4-11(10)14(13-8)5-6-15-2/h3-4,7-8,13H,5-6,12H2,1-2H3. The number of rotatable bonds is 3. The molecule has 1 aromatic rings. The van der Waals surface area contributed by atoms with Gasteiger partial charge in [-0.2, -0.15) is 0 Å². The van der Waals surface area contributed by atoms with E-state index in [1.165, 1.54) is 11.3 Å². The van der Waals surface area contributed by atoms with Gasteiger partial charge in [0.2, 0.25) is 0 Å². The lowest BCUT2D eigenvalue weighted by Crippen LogP contribution is -2.36. The summed E-state index contributed by atoms with van der Waals surface area (Å²) in [6, 6.07) is 6.33. The molecule has 2 rings (SSSR count). The summed E-state index contributed by atoms with van der Waals surface area (Å²) in [6.07, 6.45) is 0. The highest BCUT2D eigenvalue weighted by molar-refractivity contribution is 5.63. The van der Waals surface area contributed by atoms with Crippen LogP contribution in [0, 0.1) is 0 Å². The van der Waals surface area contributed by atoms with E-state index in [4.69, 9.17) is 10.5 Å². The molecule has 0 aromatic heterocycles. The Labute approximate surface area is 90.0 Å². The minimum Gasteiger partial charge on any atom is -0.399 e. The van der Waals surface area contributed by atoms with E-state index in [1.54, 1.807) is 7.11 Å². The predicted octanol–water partition coefficient (Wildman–Crippen LogP) is 1.30. The molecule has 0 saturated heterocycles. The van der Waals surface area contributed by atoms with Crippen molar-refractivity contribution in [1.82, 2.24) is 5.43 Å². The second-order valence-corrected chi connectivity index (χ2v) is 3.81. The summed E-state index contributed by atoms with van der Waals surface area (Å²) >= 11 is 0. The van der Waals surface area contributed by atoms with E-state index < -0.39 is 0 Å². The van der Waals surface area contributed by atoms with Crippen LogP contribution in [-0.2, 0) is 4.74 Å². The molecule has 1 aliphatic rings. The van der Waals surface area contributed by atoms with E-state index in [0.717, 1.165) is 12.2 Å². The molecule has 1 heterocycles. The highest BCUT2D eigenvalue weighted by atomic mass is 16.5.